The summed E-state index contributed by atoms with van der Waals surface area (Å²) in [7, 11) is 0. The number of anilines is 1. The van der Waals surface area contributed by atoms with Crippen LogP contribution in [0.1, 0.15) is 17.4 Å². The van der Waals surface area contributed by atoms with Crippen molar-refractivity contribution in [2.24, 2.45) is 0 Å². The lowest BCUT2D eigenvalue weighted by atomic mass is 10.3. The summed E-state index contributed by atoms with van der Waals surface area (Å²) in [6.07, 6.45) is 1.51. The van der Waals surface area contributed by atoms with E-state index in [9.17, 15) is 4.79 Å². The summed E-state index contributed by atoms with van der Waals surface area (Å²) in [6.45, 7) is 2.97. The summed E-state index contributed by atoms with van der Waals surface area (Å²) in [4.78, 5) is 15.5. The summed E-state index contributed by atoms with van der Waals surface area (Å²) in [5, 5.41) is 0. The molecule has 0 aliphatic heterocycles. The van der Waals surface area contributed by atoms with Crippen LogP contribution in [0.2, 0.25) is 0 Å². The summed E-state index contributed by atoms with van der Waals surface area (Å²) in [5.74, 6) is 0.574. The molecule has 0 atom stereocenters. The number of para-hydroxylation sites is 1. The molecular formula is C14H17N3O3. The van der Waals surface area contributed by atoms with E-state index in [-0.39, 0.29) is 5.69 Å². The summed E-state index contributed by atoms with van der Waals surface area (Å²) < 4.78 is 12.1. The first-order valence-corrected chi connectivity index (χ1v) is 6.38. The molecule has 0 saturated heterocycles. The van der Waals surface area contributed by atoms with Crippen molar-refractivity contribution < 1.29 is 14.3 Å². The van der Waals surface area contributed by atoms with Gasteiger partial charge in [0.05, 0.1) is 19.5 Å². The van der Waals surface area contributed by atoms with Gasteiger partial charge in [0.15, 0.2) is 5.69 Å². The zero-order valence-electron chi connectivity index (χ0n) is 11.3. The number of aromatic nitrogens is 2. The minimum absolute atomic E-state index is 0.145. The molecule has 1 aromatic carbocycles. The number of benzene rings is 1. The molecule has 0 bridgehead atoms. The van der Waals surface area contributed by atoms with Crippen molar-refractivity contribution >= 4 is 11.8 Å². The molecule has 0 saturated carbocycles. The van der Waals surface area contributed by atoms with Gasteiger partial charge in [-0.2, -0.15) is 0 Å². The van der Waals surface area contributed by atoms with Gasteiger partial charge in [0.1, 0.15) is 18.2 Å². The number of hydrogen-bond acceptors (Lipinski definition) is 5. The molecule has 0 aliphatic rings. The highest BCUT2D eigenvalue weighted by Crippen LogP contribution is 2.12. The third-order valence-corrected chi connectivity index (χ3v) is 2.69. The summed E-state index contributed by atoms with van der Waals surface area (Å²) in [5.41, 5.74) is 6.00. The van der Waals surface area contributed by atoms with E-state index in [0.29, 0.717) is 25.6 Å². The molecular weight excluding hydrogens is 258 g/mol. The average Bonchev–Trinajstić information content (AvgIpc) is 2.82. The van der Waals surface area contributed by atoms with Gasteiger partial charge in [0.25, 0.3) is 0 Å². The minimum atomic E-state index is -0.507. The SMILES string of the molecule is CCOC(=O)c1ncn(CCOc2ccccc2)c1N. The third-order valence-electron chi connectivity index (χ3n) is 2.69. The Labute approximate surface area is 117 Å². The van der Waals surface area contributed by atoms with Crippen molar-refractivity contribution in [3.8, 4) is 5.75 Å². The standard InChI is InChI=1S/C14H17N3O3/c1-2-19-14(18)12-13(15)17(10-16-12)8-9-20-11-6-4-3-5-7-11/h3-7,10H,2,8-9,15H2,1H3. The minimum Gasteiger partial charge on any atom is -0.492 e. The van der Waals surface area contributed by atoms with E-state index in [1.54, 1.807) is 11.5 Å². The van der Waals surface area contributed by atoms with Gasteiger partial charge in [-0.1, -0.05) is 18.2 Å². The van der Waals surface area contributed by atoms with Gasteiger partial charge in [-0.15, -0.1) is 0 Å². The molecule has 2 rings (SSSR count). The lowest BCUT2D eigenvalue weighted by Crippen LogP contribution is -2.12. The monoisotopic (exact) mass is 275 g/mol. The van der Waals surface area contributed by atoms with Crippen LogP contribution in [0.3, 0.4) is 0 Å². The molecule has 20 heavy (non-hydrogen) atoms. The molecule has 6 heteroatoms. The Morgan fingerprint density at radius 1 is 1.35 bits per heavy atom. The predicted molar refractivity (Wildman–Crippen MR) is 74.5 cm³/mol. The Bertz CT molecular complexity index is 566. The van der Waals surface area contributed by atoms with Crippen molar-refractivity contribution in [1.82, 2.24) is 9.55 Å². The second kappa shape index (κ2) is 6.60. The number of carbonyl (C=O) groups excluding carboxylic acids is 1. The summed E-state index contributed by atoms with van der Waals surface area (Å²) >= 11 is 0. The Morgan fingerprint density at radius 2 is 2.10 bits per heavy atom. The maximum atomic E-state index is 11.6. The molecule has 2 N–H and O–H groups in total. The van der Waals surface area contributed by atoms with Gasteiger partial charge < -0.3 is 19.8 Å². The number of nitrogens with two attached hydrogens (primary N) is 1. The highest BCUT2D eigenvalue weighted by Gasteiger charge is 2.16. The number of esters is 1. The van der Waals surface area contributed by atoms with Crippen LogP contribution < -0.4 is 10.5 Å². The van der Waals surface area contributed by atoms with Crippen LogP contribution in [0.4, 0.5) is 5.82 Å². The Hall–Kier alpha value is -2.50. The number of rotatable bonds is 6. The molecule has 0 radical (unpaired) electrons. The number of ether oxygens (including phenoxy) is 2. The summed E-state index contributed by atoms with van der Waals surface area (Å²) in [6, 6.07) is 9.48. The smallest absolute Gasteiger partial charge is 0.360 e. The van der Waals surface area contributed by atoms with E-state index in [2.05, 4.69) is 4.98 Å². The fourth-order valence-electron chi connectivity index (χ4n) is 1.71. The van der Waals surface area contributed by atoms with Gasteiger partial charge >= 0.3 is 5.97 Å². The van der Waals surface area contributed by atoms with Crippen LogP contribution in [0.5, 0.6) is 5.75 Å². The molecule has 0 aliphatic carbocycles. The van der Waals surface area contributed by atoms with Gasteiger partial charge in [-0.3, -0.25) is 0 Å². The van der Waals surface area contributed by atoms with E-state index in [0.717, 1.165) is 5.75 Å². The zero-order chi connectivity index (χ0) is 14.4. The van der Waals surface area contributed by atoms with Gasteiger partial charge in [-0.25, -0.2) is 9.78 Å². The van der Waals surface area contributed by atoms with Gasteiger partial charge in [0, 0.05) is 0 Å². The topological polar surface area (TPSA) is 79.4 Å². The number of carbonyl (C=O) groups is 1. The van der Waals surface area contributed by atoms with E-state index in [1.165, 1.54) is 6.33 Å². The second-order valence-electron chi connectivity index (χ2n) is 4.05. The molecule has 6 nitrogen and oxygen atoms in total. The first-order chi connectivity index (χ1) is 9.72. The lowest BCUT2D eigenvalue weighted by Gasteiger charge is -2.08. The Kier molecular flexibility index (Phi) is 4.60. The largest absolute Gasteiger partial charge is 0.492 e. The van der Waals surface area contributed by atoms with Crippen LogP contribution in [-0.2, 0) is 11.3 Å². The molecule has 1 heterocycles. The van der Waals surface area contributed by atoms with Crippen molar-refractivity contribution in [2.45, 2.75) is 13.5 Å². The molecule has 0 amide bonds. The van der Waals surface area contributed by atoms with Crippen LogP contribution in [0.15, 0.2) is 36.7 Å². The fraction of sp³-hybridized carbons (Fsp3) is 0.286. The number of nitrogens with zero attached hydrogens (tertiary/aromatic N) is 2. The first-order valence-electron chi connectivity index (χ1n) is 6.38. The van der Waals surface area contributed by atoms with Crippen LogP contribution in [0, 0.1) is 0 Å². The zero-order valence-corrected chi connectivity index (χ0v) is 11.3. The predicted octanol–water partition coefficient (Wildman–Crippen LogP) is 1.72. The van der Waals surface area contributed by atoms with Crippen LogP contribution >= 0.6 is 0 Å². The highest BCUT2D eigenvalue weighted by molar-refractivity contribution is 5.92. The first kappa shape index (κ1) is 13.9. The quantitative estimate of drug-likeness (QED) is 0.812. The number of imidazole rings is 1. The van der Waals surface area contributed by atoms with Crippen molar-refractivity contribution in [3.05, 3.63) is 42.4 Å². The van der Waals surface area contributed by atoms with Gasteiger partial charge in [-0.05, 0) is 19.1 Å². The van der Waals surface area contributed by atoms with Crippen molar-refractivity contribution in [2.75, 3.05) is 18.9 Å². The van der Waals surface area contributed by atoms with Crippen LogP contribution in [-0.4, -0.2) is 28.7 Å². The van der Waals surface area contributed by atoms with Crippen molar-refractivity contribution in [1.29, 1.82) is 0 Å². The molecule has 0 unspecified atom stereocenters. The fourth-order valence-corrected chi connectivity index (χ4v) is 1.71. The lowest BCUT2D eigenvalue weighted by molar-refractivity contribution is 0.0521. The van der Waals surface area contributed by atoms with Gasteiger partial charge in [0.2, 0.25) is 0 Å². The van der Waals surface area contributed by atoms with Crippen molar-refractivity contribution in [3.63, 3.8) is 0 Å². The average molecular weight is 275 g/mol. The molecule has 0 fully saturated rings. The van der Waals surface area contributed by atoms with E-state index in [1.807, 2.05) is 30.3 Å². The van der Waals surface area contributed by atoms with E-state index in [4.69, 9.17) is 15.2 Å². The van der Waals surface area contributed by atoms with E-state index >= 15 is 0 Å². The molecule has 0 spiro atoms. The maximum absolute atomic E-state index is 11.6. The maximum Gasteiger partial charge on any atom is 0.360 e. The molecule has 1 aromatic heterocycles. The molecule has 106 valence electrons. The Morgan fingerprint density at radius 3 is 2.80 bits per heavy atom. The normalized spacial score (nSPS) is 10.2. The number of hydrogen-bond donors (Lipinski definition) is 1. The Balaban J connectivity index is 1.92. The van der Waals surface area contributed by atoms with E-state index < -0.39 is 5.97 Å². The number of nitrogen functional groups attached to an aromatic ring is 1. The highest BCUT2D eigenvalue weighted by atomic mass is 16.5. The van der Waals surface area contributed by atoms with Crippen LogP contribution in [0.25, 0.3) is 0 Å². The molecule has 2 aromatic rings. The second-order valence-corrected chi connectivity index (χ2v) is 4.05. The third kappa shape index (κ3) is 3.28.